The molecule has 2 aromatic heterocycles. The molecule has 152 valence electrons. The molecule has 0 atom stereocenters. The van der Waals surface area contributed by atoms with Crippen molar-refractivity contribution in [2.75, 3.05) is 49.7 Å². The highest BCUT2D eigenvalue weighted by Gasteiger charge is 2.29. The SMILES string of the molecule is COCCn1cnc2cc(N3CCN(c4nnc(C5CC5)s4)CC3)ccc2c1=O. The molecule has 0 radical (unpaired) electrons. The molecule has 0 spiro atoms. The molecule has 1 aliphatic heterocycles. The van der Waals surface area contributed by atoms with Crippen LogP contribution in [0, 0.1) is 0 Å². The van der Waals surface area contributed by atoms with E-state index in [9.17, 15) is 4.79 Å². The van der Waals surface area contributed by atoms with E-state index in [1.807, 2.05) is 18.2 Å². The van der Waals surface area contributed by atoms with E-state index >= 15 is 0 Å². The van der Waals surface area contributed by atoms with Gasteiger partial charge in [-0.25, -0.2) is 4.98 Å². The average molecular weight is 413 g/mol. The Labute approximate surface area is 172 Å². The number of hydrogen-bond donors (Lipinski definition) is 0. The van der Waals surface area contributed by atoms with Crippen LogP contribution in [0.1, 0.15) is 23.8 Å². The van der Waals surface area contributed by atoms with Crippen LogP contribution in [0.4, 0.5) is 10.8 Å². The van der Waals surface area contributed by atoms with Crippen molar-refractivity contribution in [2.45, 2.75) is 25.3 Å². The van der Waals surface area contributed by atoms with Crippen LogP contribution in [0.3, 0.4) is 0 Å². The first-order chi connectivity index (χ1) is 14.2. The number of fused-ring (bicyclic) bond motifs is 1. The highest BCUT2D eigenvalue weighted by Crippen LogP contribution is 2.42. The molecule has 1 saturated heterocycles. The molecular weight excluding hydrogens is 388 g/mol. The predicted molar refractivity (Wildman–Crippen MR) is 114 cm³/mol. The van der Waals surface area contributed by atoms with Gasteiger partial charge in [-0.2, -0.15) is 0 Å². The third kappa shape index (κ3) is 3.72. The Kier molecular flexibility index (Phi) is 4.92. The lowest BCUT2D eigenvalue weighted by Gasteiger charge is -2.35. The maximum Gasteiger partial charge on any atom is 0.261 e. The molecule has 2 aliphatic rings. The second-order valence-electron chi connectivity index (χ2n) is 7.61. The number of benzene rings is 1. The van der Waals surface area contributed by atoms with E-state index in [2.05, 4.69) is 25.0 Å². The fraction of sp³-hybridized carbons (Fsp3) is 0.500. The molecule has 9 heteroatoms. The van der Waals surface area contributed by atoms with E-state index in [-0.39, 0.29) is 5.56 Å². The molecule has 1 aliphatic carbocycles. The lowest BCUT2D eigenvalue weighted by molar-refractivity contribution is 0.186. The number of rotatable bonds is 6. The van der Waals surface area contributed by atoms with Crippen molar-refractivity contribution >= 4 is 33.1 Å². The third-order valence-electron chi connectivity index (χ3n) is 5.62. The second kappa shape index (κ2) is 7.72. The van der Waals surface area contributed by atoms with Gasteiger partial charge < -0.3 is 14.5 Å². The van der Waals surface area contributed by atoms with Crippen molar-refractivity contribution in [2.24, 2.45) is 0 Å². The van der Waals surface area contributed by atoms with Crippen LogP contribution >= 0.6 is 11.3 Å². The van der Waals surface area contributed by atoms with Crippen LogP contribution in [0.2, 0.25) is 0 Å². The molecule has 1 saturated carbocycles. The average Bonchev–Trinajstić information content (AvgIpc) is 3.50. The Hall–Kier alpha value is -2.52. The molecule has 0 bridgehead atoms. The molecule has 0 amide bonds. The molecular formula is C20H24N6O2S. The van der Waals surface area contributed by atoms with Crippen molar-refractivity contribution in [3.8, 4) is 0 Å². The Morgan fingerprint density at radius 2 is 1.93 bits per heavy atom. The molecule has 3 aromatic rings. The number of anilines is 2. The van der Waals surface area contributed by atoms with Gasteiger partial charge in [0, 0.05) is 44.9 Å². The highest BCUT2D eigenvalue weighted by atomic mass is 32.1. The van der Waals surface area contributed by atoms with Gasteiger partial charge in [0.2, 0.25) is 5.13 Å². The van der Waals surface area contributed by atoms with Gasteiger partial charge in [-0.3, -0.25) is 9.36 Å². The van der Waals surface area contributed by atoms with Gasteiger partial charge in [0.1, 0.15) is 5.01 Å². The first kappa shape index (κ1) is 18.5. The third-order valence-corrected chi connectivity index (χ3v) is 6.76. The zero-order valence-corrected chi connectivity index (χ0v) is 17.3. The number of piperazine rings is 1. The van der Waals surface area contributed by atoms with E-state index in [4.69, 9.17) is 4.74 Å². The number of hydrogen-bond acceptors (Lipinski definition) is 8. The van der Waals surface area contributed by atoms with Crippen LogP contribution in [0.15, 0.2) is 29.3 Å². The van der Waals surface area contributed by atoms with Crippen molar-refractivity contribution < 1.29 is 4.74 Å². The Balaban J connectivity index is 1.29. The number of nitrogens with zero attached hydrogens (tertiary/aromatic N) is 6. The smallest absolute Gasteiger partial charge is 0.261 e. The van der Waals surface area contributed by atoms with Crippen molar-refractivity contribution in [3.05, 3.63) is 39.9 Å². The van der Waals surface area contributed by atoms with Crippen molar-refractivity contribution in [3.63, 3.8) is 0 Å². The lowest BCUT2D eigenvalue weighted by Crippen LogP contribution is -2.46. The van der Waals surface area contributed by atoms with Crippen molar-refractivity contribution in [1.29, 1.82) is 0 Å². The van der Waals surface area contributed by atoms with Gasteiger partial charge in [0.25, 0.3) is 5.56 Å². The van der Waals surface area contributed by atoms with E-state index in [0.717, 1.165) is 42.5 Å². The van der Waals surface area contributed by atoms with E-state index in [0.29, 0.717) is 24.5 Å². The zero-order chi connectivity index (χ0) is 19.8. The Morgan fingerprint density at radius 3 is 2.69 bits per heavy atom. The van der Waals surface area contributed by atoms with E-state index < -0.39 is 0 Å². The maximum absolute atomic E-state index is 12.6. The van der Waals surface area contributed by atoms with E-state index in [1.165, 1.54) is 17.8 Å². The zero-order valence-electron chi connectivity index (χ0n) is 16.5. The first-order valence-corrected chi connectivity index (χ1v) is 10.9. The summed E-state index contributed by atoms with van der Waals surface area (Å²) in [6.45, 7) is 4.67. The quantitative estimate of drug-likeness (QED) is 0.614. The first-order valence-electron chi connectivity index (χ1n) is 10.0. The fourth-order valence-corrected chi connectivity index (χ4v) is 4.76. The Bertz CT molecular complexity index is 1070. The maximum atomic E-state index is 12.6. The molecule has 0 unspecified atom stereocenters. The summed E-state index contributed by atoms with van der Waals surface area (Å²) in [7, 11) is 1.63. The van der Waals surface area contributed by atoms with Crippen LogP contribution < -0.4 is 15.4 Å². The van der Waals surface area contributed by atoms with Crippen LogP contribution in [-0.4, -0.2) is 59.6 Å². The largest absolute Gasteiger partial charge is 0.383 e. The van der Waals surface area contributed by atoms with E-state index in [1.54, 1.807) is 29.3 Å². The highest BCUT2D eigenvalue weighted by molar-refractivity contribution is 7.15. The molecule has 2 fully saturated rings. The standard InChI is InChI=1S/C20H24N6O2S/c1-28-11-10-26-13-21-17-12-15(4-5-16(17)19(26)27)24-6-8-25(9-7-24)20-23-22-18(29-20)14-2-3-14/h4-5,12-14H,2-3,6-11H2,1H3. The van der Waals surface area contributed by atoms with Gasteiger partial charge in [0.05, 0.1) is 30.4 Å². The summed E-state index contributed by atoms with van der Waals surface area (Å²) in [5.41, 5.74) is 1.82. The fourth-order valence-electron chi connectivity index (χ4n) is 3.70. The summed E-state index contributed by atoms with van der Waals surface area (Å²) in [6.07, 6.45) is 4.13. The normalized spacial score (nSPS) is 17.3. The van der Waals surface area contributed by atoms with Gasteiger partial charge in [-0.1, -0.05) is 11.3 Å². The van der Waals surface area contributed by atoms with Crippen molar-refractivity contribution in [1.82, 2.24) is 19.7 Å². The monoisotopic (exact) mass is 412 g/mol. The van der Waals surface area contributed by atoms with Crippen LogP contribution in [0.25, 0.3) is 10.9 Å². The summed E-state index contributed by atoms with van der Waals surface area (Å²) < 4.78 is 6.66. The van der Waals surface area contributed by atoms with Gasteiger partial charge >= 0.3 is 0 Å². The molecule has 5 rings (SSSR count). The minimum absolute atomic E-state index is 0.0221. The number of aromatic nitrogens is 4. The molecule has 1 aromatic carbocycles. The number of methoxy groups -OCH3 is 1. The summed E-state index contributed by atoms with van der Waals surface area (Å²) in [5.74, 6) is 0.659. The predicted octanol–water partition coefficient (Wildman–Crippen LogP) is 2.10. The lowest BCUT2D eigenvalue weighted by atomic mass is 10.2. The molecule has 3 heterocycles. The van der Waals surface area contributed by atoms with Crippen LogP contribution in [0.5, 0.6) is 0 Å². The van der Waals surface area contributed by atoms with Gasteiger partial charge in [-0.15, -0.1) is 10.2 Å². The molecule has 0 N–H and O–H groups in total. The summed E-state index contributed by atoms with van der Waals surface area (Å²) in [5, 5.41) is 11.6. The second-order valence-corrected chi connectivity index (χ2v) is 8.60. The topological polar surface area (TPSA) is 76.4 Å². The Morgan fingerprint density at radius 1 is 1.14 bits per heavy atom. The van der Waals surface area contributed by atoms with Crippen LogP contribution in [-0.2, 0) is 11.3 Å². The molecule has 29 heavy (non-hydrogen) atoms. The minimum atomic E-state index is -0.0221. The summed E-state index contributed by atoms with van der Waals surface area (Å²) in [6, 6.07) is 5.93. The van der Waals surface area contributed by atoms with Gasteiger partial charge in [-0.05, 0) is 31.0 Å². The summed E-state index contributed by atoms with van der Waals surface area (Å²) >= 11 is 1.75. The minimum Gasteiger partial charge on any atom is -0.383 e. The number of ether oxygens (including phenoxy) is 1. The molecule has 8 nitrogen and oxygen atoms in total. The van der Waals surface area contributed by atoms with Gasteiger partial charge in [0.15, 0.2) is 0 Å². The summed E-state index contributed by atoms with van der Waals surface area (Å²) in [4.78, 5) is 21.8.